The lowest BCUT2D eigenvalue weighted by atomic mass is 10.00. The largest absolute Gasteiger partial charge is 0.379 e. The number of hydrogen-bond acceptors (Lipinski definition) is 5. The number of carbonyl (C=O) groups is 1. The first-order valence-corrected chi connectivity index (χ1v) is 10.1. The van der Waals surface area contributed by atoms with E-state index in [1.54, 1.807) is 18.2 Å². The summed E-state index contributed by atoms with van der Waals surface area (Å²) in [5.41, 5.74) is 6.50. The number of benzene rings is 1. The molecular weight excluding hydrogens is 378 g/mol. The number of nitrogens with one attached hydrogen (secondary N) is 1. The van der Waals surface area contributed by atoms with Gasteiger partial charge in [-0.15, -0.1) is 12.4 Å². The van der Waals surface area contributed by atoms with E-state index in [0.29, 0.717) is 38.4 Å². The number of rotatable bonds is 5. The van der Waals surface area contributed by atoms with Gasteiger partial charge in [0.1, 0.15) is 0 Å². The first-order valence-electron chi connectivity index (χ1n) is 8.70. The Hall–Kier alpha value is -1.19. The molecule has 1 saturated carbocycles. The van der Waals surface area contributed by atoms with Crippen molar-refractivity contribution < 1.29 is 17.9 Å². The van der Waals surface area contributed by atoms with Crippen LogP contribution < -0.4 is 11.1 Å². The van der Waals surface area contributed by atoms with E-state index in [4.69, 9.17) is 10.5 Å². The molecule has 0 unspecified atom stereocenters. The average molecular weight is 404 g/mol. The van der Waals surface area contributed by atoms with Gasteiger partial charge in [-0.3, -0.25) is 4.79 Å². The van der Waals surface area contributed by atoms with Crippen LogP contribution in [0.3, 0.4) is 0 Å². The number of amides is 1. The number of anilines is 1. The zero-order valence-electron chi connectivity index (χ0n) is 14.6. The minimum Gasteiger partial charge on any atom is -0.379 e. The molecule has 2 fully saturated rings. The Labute approximate surface area is 160 Å². The van der Waals surface area contributed by atoms with Gasteiger partial charge in [-0.2, -0.15) is 4.31 Å². The Morgan fingerprint density at radius 1 is 1.27 bits per heavy atom. The maximum atomic E-state index is 12.7. The summed E-state index contributed by atoms with van der Waals surface area (Å²) in [6, 6.07) is 6.48. The highest BCUT2D eigenvalue weighted by Crippen LogP contribution is 2.27. The highest BCUT2D eigenvalue weighted by atomic mass is 35.5. The Morgan fingerprint density at radius 3 is 2.65 bits per heavy atom. The number of sulfonamides is 1. The van der Waals surface area contributed by atoms with Crippen molar-refractivity contribution in [2.75, 3.05) is 31.6 Å². The fourth-order valence-electron chi connectivity index (χ4n) is 3.44. The van der Waals surface area contributed by atoms with Gasteiger partial charge in [-0.25, -0.2) is 8.42 Å². The molecule has 1 aromatic carbocycles. The summed E-state index contributed by atoms with van der Waals surface area (Å²) >= 11 is 0. The molecule has 9 heteroatoms. The third kappa shape index (κ3) is 4.95. The average Bonchev–Trinajstić information content (AvgIpc) is 3.00. The molecule has 1 amide bonds. The van der Waals surface area contributed by atoms with Crippen molar-refractivity contribution in [3.05, 3.63) is 24.3 Å². The molecule has 3 rings (SSSR count). The van der Waals surface area contributed by atoms with Crippen LogP contribution in [0.15, 0.2) is 29.2 Å². The second kappa shape index (κ2) is 9.14. The quantitative estimate of drug-likeness (QED) is 0.777. The summed E-state index contributed by atoms with van der Waals surface area (Å²) in [5.74, 6) is 0.0866. The Bertz CT molecular complexity index is 722. The molecule has 1 saturated heterocycles. The molecule has 1 aromatic rings. The van der Waals surface area contributed by atoms with Crippen LogP contribution in [-0.2, 0) is 19.6 Å². The van der Waals surface area contributed by atoms with Crippen molar-refractivity contribution in [3.63, 3.8) is 0 Å². The van der Waals surface area contributed by atoms with Gasteiger partial charge in [0, 0.05) is 31.2 Å². The smallest absolute Gasteiger partial charge is 0.243 e. The third-order valence-corrected chi connectivity index (χ3v) is 6.79. The zero-order chi connectivity index (χ0) is 17.9. The van der Waals surface area contributed by atoms with E-state index in [9.17, 15) is 13.2 Å². The maximum absolute atomic E-state index is 12.7. The minimum absolute atomic E-state index is 0. The van der Waals surface area contributed by atoms with Gasteiger partial charge in [0.15, 0.2) is 0 Å². The fourth-order valence-corrected chi connectivity index (χ4v) is 4.89. The van der Waals surface area contributed by atoms with E-state index in [-0.39, 0.29) is 35.2 Å². The van der Waals surface area contributed by atoms with Crippen LogP contribution in [0.2, 0.25) is 0 Å². The molecule has 3 N–H and O–H groups in total. The SMILES string of the molecule is Cl.N[C@@H]1CCC[C@H]1CC(=O)Nc1cccc(S(=O)(=O)N2CCOCC2)c1. The summed E-state index contributed by atoms with van der Waals surface area (Å²) < 4.78 is 32.0. The third-order valence-electron chi connectivity index (χ3n) is 4.89. The van der Waals surface area contributed by atoms with E-state index in [0.717, 1.165) is 19.3 Å². The van der Waals surface area contributed by atoms with Gasteiger partial charge < -0.3 is 15.8 Å². The van der Waals surface area contributed by atoms with E-state index in [1.807, 2.05) is 0 Å². The number of ether oxygens (including phenoxy) is 1. The lowest BCUT2D eigenvalue weighted by Gasteiger charge is -2.26. The van der Waals surface area contributed by atoms with Gasteiger partial charge in [0.2, 0.25) is 15.9 Å². The monoisotopic (exact) mass is 403 g/mol. The van der Waals surface area contributed by atoms with Crippen molar-refractivity contribution in [3.8, 4) is 0 Å². The lowest BCUT2D eigenvalue weighted by molar-refractivity contribution is -0.117. The molecule has 26 heavy (non-hydrogen) atoms. The van der Waals surface area contributed by atoms with Crippen LogP contribution in [0.25, 0.3) is 0 Å². The summed E-state index contributed by atoms with van der Waals surface area (Å²) in [4.78, 5) is 12.4. The number of halogens is 1. The fraction of sp³-hybridized carbons (Fsp3) is 0.588. The minimum atomic E-state index is -3.57. The summed E-state index contributed by atoms with van der Waals surface area (Å²) in [7, 11) is -3.57. The molecular formula is C17H26ClN3O4S. The molecule has 2 atom stereocenters. The molecule has 0 spiro atoms. The highest BCUT2D eigenvalue weighted by Gasteiger charge is 2.28. The Morgan fingerprint density at radius 2 is 2.00 bits per heavy atom. The van der Waals surface area contributed by atoms with Gasteiger partial charge >= 0.3 is 0 Å². The Kier molecular flexibility index (Phi) is 7.42. The van der Waals surface area contributed by atoms with Crippen molar-refractivity contribution in [2.24, 2.45) is 11.7 Å². The number of carbonyl (C=O) groups excluding carboxylic acids is 1. The van der Waals surface area contributed by atoms with Crippen LogP contribution in [0, 0.1) is 5.92 Å². The molecule has 0 bridgehead atoms. The van der Waals surface area contributed by atoms with E-state index < -0.39 is 10.0 Å². The number of hydrogen-bond donors (Lipinski definition) is 2. The van der Waals surface area contributed by atoms with Crippen molar-refractivity contribution in [2.45, 2.75) is 36.6 Å². The molecule has 0 aromatic heterocycles. The van der Waals surface area contributed by atoms with Crippen LogP contribution >= 0.6 is 12.4 Å². The van der Waals surface area contributed by atoms with E-state index in [2.05, 4.69) is 5.32 Å². The molecule has 0 radical (unpaired) electrons. The molecule has 1 heterocycles. The normalized spacial score (nSPS) is 24.0. The van der Waals surface area contributed by atoms with Crippen molar-refractivity contribution in [1.29, 1.82) is 0 Å². The summed E-state index contributed by atoms with van der Waals surface area (Å²) in [6.45, 7) is 1.49. The van der Waals surface area contributed by atoms with Gasteiger partial charge in [0.05, 0.1) is 18.1 Å². The predicted molar refractivity (Wildman–Crippen MR) is 102 cm³/mol. The number of nitrogens with two attached hydrogens (primary N) is 1. The molecule has 1 aliphatic heterocycles. The second-order valence-corrected chi connectivity index (χ2v) is 8.59. The molecule has 1 aliphatic carbocycles. The lowest BCUT2D eigenvalue weighted by Crippen LogP contribution is -2.40. The molecule has 2 aliphatic rings. The maximum Gasteiger partial charge on any atom is 0.243 e. The van der Waals surface area contributed by atoms with Crippen LogP contribution in [0.1, 0.15) is 25.7 Å². The van der Waals surface area contributed by atoms with Gasteiger partial charge in [-0.05, 0) is 37.0 Å². The second-order valence-electron chi connectivity index (χ2n) is 6.65. The standard InChI is InChI=1S/C17H25N3O4S.ClH/c18-16-6-1-3-13(16)11-17(21)19-14-4-2-5-15(12-14)25(22,23)20-7-9-24-10-8-20;/h2,4-5,12-13,16H,1,3,6-11,18H2,(H,19,21);1H/t13-,16+;/m0./s1. The Balaban J connectivity index is 0.00000243. The van der Waals surface area contributed by atoms with Gasteiger partial charge in [0.25, 0.3) is 0 Å². The van der Waals surface area contributed by atoms with Crippen LogP contribution in [0.5, 0.6) is 0 Å². The van der Waals surface area contributed by atoms with E-state index in [1.165, 1.54) is 10.4 Å². The van der Waals surface area contributed by atoms with Crippen molar-refractivity contribution in [1.82, 2.24) is 4.31 Å². The highest BCUT2D eigenvalue weighted by molar-refractivity contribution is 7.89. The number of nitrogens with zero attached hydrogens (tertiary/aromatic N) is 1. The van der Waals surface area contributed by atoms with Gasteiger partial charge in [-0.1, -0.05) is 12.5 Å². The topological polar surface area (TPSA) is 102 Å². The summed E-state index contributed by atoms with van der Waals surface area (Å²) in [6.07, 6.45) is 3.37. The predicted octanol–water partition coefficient (Wildman–Crippen LogP) is 1.59. The summed E-state index contributed by atoms with van der Waals surface area (Å²) in [5, 5.41) is 2.80. The molecule has 7 nitrogen and oxygen atoms in total. The zero-order valence-corrected chi connectivity index (χ0v) is 16.2. The van der Waals surface area contributed by atoms with Crippen molar-refractivity contribution >= 4 is 34.0 Å². The number of morpholine rings is 1. The van der Waals surface area contributed by atoms with Crippen LogP contribution in [0.4, 0.5) is 5.69 Å². The first kappa shape index (κ1) is 21.1. The van der Waals surface area contributed by atoms with E-state index >= 15 is 0 Å². The first-order chi connectivity index (χ1) is 12.0. The van der Waals surface area contributed by atoms with Crippen LogP contribution in [-0.4, -0.2) is 51.0 Å². The molecule has 146 valence electrons.